The van der Waals surface area contributed by atoms with Crippen molar-refractivity contribution in [3.8, 4) is 0 Å². The molecule has 1 N–H and O–H groups in total. The molecule has 1 unspecified atom stereocenters. The third kappa shape index (κ3) is 2.48. The van der Waals surface area contributed by atoms with E-state index in [0.29, 0.717) is 6.04 Å². The second kappa shape index (κ2) is 4.92. The summed E-state index contributed by atoms with van der Waals surface area (Å²) in [5.41, 5.74) is 1.13. The van der Waals surface area contributed by atoms with Gasteiger partial charge in [-0.25, -0.2) is 4.98 Å². The van der Waals surface area contributed by atoms with Crippen molar-refractivity contribution < 1.29 is 4.74 Å². The number of ether oxygens (including phenoxy) is 1. The van der Waals surface area contributed by atoms with Crippen molar-refractivity contribution in [1.82, 2.24) is 10.3 Å². The van der Waals surface area contributed by atoms with E-state index >= 15 is 0 Å². The van der Waals surface area contributed by atoms with Crippen molar-refractivity contribution in [2.24, 2.45) is 0 Å². The highest BCUT2D eigenvalue weighted by molar-refractivity contribution is 7.13. The molecule has 0 saturated carbocycles. The Morgan fingerprint density at radius 3 is 2.93 bits per heavy atom. The van der Waals surface area contributed by atoms with Gasteiger partial charge in [0.2, 0.25) is 0 Å². The van der Waals surface area contributed by atoms with E-state index in [1.165, 1.54) is 0 Å². The molecule has 0 amide bonds. The number of hydrogen-bond donors (Lipinski definition) is 1. The van der Waals surface area contributed by atoms with Crippen LogP contribution in [0.1, 0.15) is 18.7 Å². The van der Waals surface area contributed by atoms with E-state index < -0.39 is 0 Å². The standard InChI is InChI=1S/C10H17N3OS/c1-8(11-2)9-7-15-10(12-9)13-3-5-14-6-4-13/h7-8,11H,3-6H2,1-2H3. The Morgan fingerprint density at radius 1 is 1.53 bits per heavy atom. The number of nitrogens with zero attached hydrogens (tertiary/aromatic N) is 2. The lowest BCUT2D eigenvalue weighted by molar-refractivity contribution is 0.122. The van der Waals surface area contributed by atoms with Gasteiger partial charge in [0.25, 0.3) is 0 Å². The van der Waals surface area contributed by atoms with Gasteiger partial charge in [0.15, 0.2) is 5.13 Å². The number of rotatable bonds is 3. The van der Waals surface area contributed by atoms with Crippen LogP contribution in [-0.4, -0.2) is 38.3 Å². The lowest BCUT2D eigenvalue weighted by Crippen LogP contribution is -2.36. The van der Waals surface area contributed by atoms with Crippen LogP contribution in [0.3, 0.4) is 0 Å². The first-order valence-corrected chi connectivity index (χ1v) is 6.14. The zero-order chi connectivity index (χ0) is 10.7. The van der Waals surface area contributed by atoms with Crippen LogP contribution in [-0.2, 0) is 4.74 Å². The quantitative estimate of drug-likeness (QED) is 0.843. The summed E-state index contributed by atoms with van der Waals surface area (Å²) in [7, 11) is 1.96. The number of anilines is 1. The van der Waals surface area contributed by atoms with E-state index in [-0.39, 0.29) is 0 Å². The third-order valence-electron chi connectivity index (χ3n) is 2.67. The maximum Gasteiger partial charge on any atom is 0.185 e. The fraction of sp³-hybridized carbons (Fsp3) is 0.700. The number of thiazole rings is 1. The molecule has 1 aromatic rings. The molecule has 0 bridgehead atoms. The molecule has 0 spiro atoms. The van der Waals surface area contributed by atoms with Gasteiger partial charge in [-0.1, -0.05) is 0 Å². The van der Waals surface area contributed by atoms with E-state index in [1.54, 1.807) is 11.3 Å². The minimum Gasteiger partial charge on any atom is -0.378 e. The van der Waals surface area contributed by atoms with Gasteiger partial charge < -0.3 is 15.0 Å². The molecule has 1 aromatic heterocycles. The average molecular weight is 227 g/mol. The van der Waals surface area contributed by atoms with Gasteiger partial charge >= 0.3 is 0 Å². The molecule has 5 heteroatoms. The van der Waals surface area contributed by atoms with Crippen LogP contribution >= 0.6 is 11.3 Å². The Bertz CT molecular complexity index is 309. The Balaban J connectivity index is 2.05. The van der Waals surface area contributed by atoms with E-state index in [4.69, 9.17) is 4.74 Å². The van der Waals surface area contributed by atoms with Crippen LogP contribution in [0.25, 0.3) is 0 Å². The normalized spacial score (nSPS) is 19.2. The van der Waals surface area contributed by atoms with Gasteiger partial charge in [-0.3, -0.25) is 0 Å². The molecule has 2 heterocycles. The van der Waals surface area contributed by atoms with Crippen molar-refractivity contribution >= 4 is 16.5 Å². The molecular formula is C10H17N3OS. The fourth-order valence-corrected chi connectivity index (χ4v) is 2.50. The van der Waals surface area contributed by atoms with Crippen molar-refractivity contribution in [3.63, 3.8) is 0 Å². The Morgan fingerprint density at radius 2 is 2.27 bits per heavy atom. The predicted octanol–water partition coefficient (Wildman–Crippen LogP) is 1.26. The molecule has 84 valence electrons. The fourth-order valence-electron chi connectivity index (χ4n) is 1.52. The maximum absolute atomic E-state index is 5.32. The van der Waals surface area contributed by atoms with Crippen LogP contribution < -0.4 is 10.2 Å². The van der Waals surface area contributed by atoms with Gasteiger partial charge in [0.1, 0.15) is 0 Å². The zero-order valence-corrected chi connectivity index (χ0v) is 10.0. The van der Waals surface area contributed by atoms with Crippen LogP contribution in [0.5, 0.6) is 0 Å². The number of hydrogen-bond acceptors (Lipinski definition) is 5. The van der Waals surface area contributed by atoms with Crippen LogP contribution in [0.4, 0.5) is 5.13 Å². The summed E-state index contributed by atoms with van der Waals surface area (Å²) in [5, 5.41) is 6.45. The third-order valence-corrected chi connectivity index (χ3v) is 3.59. The van der Waals surface area contributed by atoms with Gasteiger partial charge in [-0.15, -0.1) is 11.3 Å². The number of nitrogens with one attached hydrogen (secondary N) is 1. The first kappa shape index (κ1) is 10.9. The van der Waals surface area contributed by atoms with E-state index in [1.807, 2.05) is 7.05 Å². The maximum atomic E-state index is 5.32. The minimum atomic E-state index is 0.330. The summed E-state index contributed by atoms with van der Waals surface area (Å²) in [6, 6.07) is 0.330. The monoisotopic (exact) mass is 227 g/mol. The Labute approximate surface area is 94.3 Å². The van der Waals surface area contributed by atoms with Gasteiger partial charge in [-0.05, 0) is 14.0 Å². The van der Waals surface area contributed by atoms with Crippen molar-refractivity contribution in [2.45, 2.75) is 13.0 Å². The first-order valence-electron chi connectivity index (χ1n) is 5.26. The smallest absolute Gasteiger partial charge is 0.185 e. The first-order chi connectivity index (χ1) is 7.31. The lowest BCUT2D eigenvalue weighted by Gasteiger charge is -2.26. The molecule has 2 rings (SSSR count). The largest absolute Gasteiger partial charge is 0.378 e. The van der Waals surface area contributed by atoms with Crippen molar-refractivity contribution in [3.05, 3.63) is 11.1 Å². The van der Waals surface area contributed by atoms with Gasteiger partial charge in [-0.2, -0.15) is 0 Å². The molecule has 1 fully saturated rings. The summed E-state index contributed by atoms with van der Waals surface area (Å²) < 4.78 is 5.32. The highest BCUT2D eigenvalue weighted by Crippen LogP contribution is 2.24. The van der Waals surface area contributed by atoms with Crippen molar-refractivity contribution in [1.29, 1.82) is 0 Å². The molecule has 1 saturated heterocycles. The highest BCUT2D eigenvalue weighted by Gasteiger charge is 2.15. The summed E-state index contributed by atoms with van der Waals surface area (Å²) in [6.07, 6.45) is 0. The summed E-state index contributed by atoms with van der Waals surface area (Å²) in [6.45, 7) is 5.67. The summed E-state index contributed by atoms with van der Waals surface area (Å²) in [4.78, 5) is 6.92. The van der Waals surface area contributed by atoms with E-state index in [9.17, 15) is 0 Å². The SMILES string of the molecule is CNC(C)c1csc(N2CCOCC2)n1. The summed E-state index contributed by atoms with van der Waals surface area (Å²) in [5.74, 6) is 0. The lowest BCUT2D eigenvalue weighted by atomic mass is 10.3. The molecule has 4 nitrogen and oxygen atoms in total. The molecule has 1 aliphatic rings. The van der Waals surface area contributed by atoms with Crippen molar-refractivity contribution in [2.75, 3.05) is 38.3 Å². The summed E-state index contributed by atoms with van der Waals surface area (Å²) >= 11 is 1.72. The Hall–Kier alpha value is -0.650. The zero-order valence-electron chi connectivity index (χ0n) is 9.19. The number of aromatic nitrogens is 1. The Kier molecular flexibility index (Phi) is 3.56. The highest BCUT2D eigenvalue weighted by atomic mass is 32.1. The number of morpholine rings is 1. The second-order valence-electron chi connectivity index (χ2n) is 3.66. The van der Waals surface area contributed by atoms with Gasteiger partial charge in [0.05, 0.1) is 18.9 Å². The molecule has 0 radical (unpaired) electrons. The topological polar surface area (TPSA) is 37.4 Å². The molecule has 0 aliphatic carbocycles. The molecule has 1 aliphatic heterocycles. The molecule has 0 aromatic carbocycles. The molecule has 1 atom stereocenters. The van der Waals surface area contributed by atoms with E-state index in [2.05, 4.69) is 27.5 Å². The van der Waals surface area contributed by atoms with Crippen LogP contribution in [0.2, 0.25) is 0 Å². The van der Waals surface area contributed by atoms with E-state index in [0.717, 1.165) is 37.1 Å². The minimum absolute atomic E-state index is 0.330. The predicted molar refractivity (Wildman–Crippen MR) is 62.6 cm³/mol. The van der Waals surface area contributed by atoms with Crippen LogP contribution in [0, 0.1) is 0 Å². The molecular weight excluding hydrogens is 210 g/mol. The van der Waals surface area contributed by atoms with Crippen LogP contribution in [0.15, 0.2) is 5.38 Å². The van der Waals surface area contributed by atoms with Gasteiger partial charge in [0, 0.05) is 24.5 Å². The average Bonchev–Trinajstić information content (AvgIpc) is 2.78. The second-order valence-corrected chi connectivity index (χ2v) is 4.50. The molecule has 15 heavy (non-hydrogen) atoms.